The molecule has 31 heavy (non-hydrogen) atoms. The van der Waals surface area contributed by atoms with Crippen LogP contribution in [0.15, 0.2) is 72.8 Å². The van der Waals surface area contributed by atoms with E-state index in [0.29, 0.717) is 18.9 Å². The van der Waals surface area contributed by atoms with Gasteiger partial charge in [0.05, 0.1) is 0 Å². The number of hydrogen-bond acceptors (Lipinski definition) is 4. The number of nitrogens with one attached hydrogen (secondary N) is 1. The van der Waals surface area contributed by atoms with Gasteiger partial charge in [-0.2, -0.15) is 0 Å². The number of carbonyl (C=O) groups is 1. The van der Waals surface area contributed by atoms with Crippen LogP contribution in [-0.2, 0) is 24.4 Å². The number of carbonyl (C=O) groups excluding carboxylic acids is 1. The molecular weight excluding hydrogens is 390 g/mol. The first kappa shape index (κ1) is 20.8. The van der Waals surface area contributed by atoms with Gasteiger partial charge in [0.2, 0.25) is 0 Å². The molecule has 4 rings (SSSR count). The van der Waals surface area contributed by atoms with E-state index >= 15 is 0 Å². The zero-order valence-corrected chi connectivity index (χ0v) is 17.9. The van der Waals surface area contributed by atoms with Gasteiger partial charge in [-0.15, -0.1) is 0 Å². The van der Waals surface area contributed by atoms with Crippen molar-refractivity contribution in [2.45, 2.75) is 39.0 Å². The summed E-state index contributed by atoms with van der Waals surface area (Å²) in [6.45, 7) is 4.98. The largest absolute Gasteiger partial charge is 0.489 e. The summed E-state index contributed by atoms with van der Waals surface area (Å²) in [5, 5.41) is 2.88. The number of amides is 1. The molecule has 1 amide bonds. The summed E-state index contributed by atoms with van der Waals surface area (Å²) in [6, 6.07) is 23.5. The normalized spacial score (nSPS) is 13.7. The third-order valence-electron chi connectivity index (χ3n) is 5.08. The van der Waals surface area contributed by atoms with Gasteiger partial charge in [-0.05, 0) is 43.2 Å². The van der Waals surface area contributed by atoms with Crippen molar-refractivity contribution in [2.24, 2.45) is 0 Å². The van der Waals surface area contributed by atoms with Crippen LogP contribution in [-0.4, -0.2) is 18.1 Å². The highest BCUT2D eigenvalue weighted by Gasteiger charge is 2.32. The quantitative estimate of drug-likeness (QED) is 0.579. The molecule has 1 aliphatic heterocycles. The van der Waals surface area contributed by atoms with Gasteiger partial charge < -0.3 is 19.5 Å². The fourth-order valence-electron chi connectivity index (χ4n) is 3.54. The van der Waals surface area contributed by atoms with Crippen LogP contribution in [0, 0.1) is 0 Å². The molecule has 0 saturated heterocycles. The number of para-hydroxylation sites is 1. The highest BCUT2D eigenvalue weighted by Crippen LogP contribution is 2.41. The lowest BCUT2D eigenvalue weighted by Crippen LogP contribution is -2.28. The van der Waals surface area contributed by atoms with Gasteiger partial charge in [-0.3, -0.25) is 4.79 Å². The number of hydrogen-bond donors (Lipinski definition) is 1. The second-order valence-electron chi connectivity index (χ2n) is 8.27. The topological polar surface area (TPSA) is 56.8 Å². The Hall–Kier alpha value is -3.47. The molecule has 0 atom stereocenters. The monoisotopic (exact) mass is 417 g/mol. The lowest BCUT2D eigenvalue weighted by Gasteiger charge is -2.18. The third kappa shape index (κ3) is 5.57. The van der Waals surface area contributed by atoms with Crippen LogP contribution < -0.4 is 19.5 Å². The molecule has 3 aromatic carbocycles. The van der Waals surface area contributed by atoms with E-state index in [2.05, 4.69) is 5.32 Å². The van der Waals surface area contributed by atoms with E-state index in [1.807, 2.05) is 86.6 Å². The predicted molar refractivity (Wildman–Crippen MR) is 119 cm³/mol. The summed E-state index contributed by atoms with van der Waals surface area (Å²) in [7, 11) is 0. The maximum atomic E-state index is 12.2. The van der Waals surface area contributed by atoms with Gasteiger partial charge in [0, 0.05) is 18.5 Å². The Morgan fingerprint density at radius 1 is 0.935 bits per heavy atom. The average Bonchev–Trinajstić information content (AvgIpc) is 3.10. The molecule has 0 bridgehead atoms. The van der Waals surface area contributed by atoms with Crippen LogP contribution in [0.4, 0.5) is 0 Å². The minimum atomic E-state index is -0.249. The Morgan fingerprint density at radius 2 is 1.71 bits per heavy atom. The third-order valence-corrected chi connectivity index (χ3v) is 5.08. The molecule has 1 N–H and O–H groups in total. The van der Waals surface area contributed by atoms with Crippen LogP contribution in [0.5, 0.6) is 17.2 Å². The summed E-state index contributed by atoms with van der Waals surface area (Å²) in [4.78, 5) is 12.2. The van der Waals surface area contributed by atoms with E-state index in [0.717, 1.165) is 34.6 Å². The van der Waals surface area contributed by atoms with E-state index in [1.54, 1.807) is 0 Å². The van der Waals surface area contributed by atoms with Crippen LogP contribution in [0.3, 0.4) is 0 Å². The summed E-state index contributed by atoms with van der Waals surface area (Å²) in [5.74, 6) is 1.96. The second kappa shape index (κ2) is 9.13. The molecule has 0 radical (unpaired) electrons. The van der Waals surface area contributed by atoms with Crippen molar-refractivity contribution in [3.8, 4) is 17.2 Å². The molecule has 3 aromatic rings. The van der Waals surface area contributed by atoms with Crippen LogP contribution in [0.1, 0.15) is 30.5 Å². The van der Waals surface area contributed by atoms with E-state index < -0.39 is 0 Å². The van der Waals surface area contributed by atoms with Gasteiger partial charge >= 0.3 is 0 Å². The van der Waals surface area contributed by atoms with Crippen molar-refractivity contribution >= 4 is 5.91 Å². The number of ether oxygens (including phenoxy) is 3. The van der Waals surface area contributed by atoms with Crippen molar-refractivity contribution in [1.29, 1.82) is 0 Å². The Morgan fingerprint density at radius 3 is 2.48 bits per heavy atom. The van der Waals surface area contributed by atoms with Crippen molar-refractivity contribution < 1.29 is 19.0 Å². The first-order chi connectivity index (χ1) is 15.0. The minimum absolute atomic E-state index is 0.0570. The fourth-order valence-corrected chi connectivity index (χ4v) is 3.54. The van der Waals surface area contributed by atoms with Gasteiger partial charge in [0.1, 0.15) is 18.0 Å². The van der Waals surface area contributed by atoms with Crippen molar-refractivity contribution in [3.05, 3.63) is 89.5 Å². The summed E-state index contributed by atoms with van der Waals surface area (Å²) in [6.07, 6.45) is 0.830. The van der Waals surface area contributed by atoms with Gasteiger partial charge in [-0.1, -0.05) is 54.6 Å². The Labute approximate surface area is 183 Å². The number of fused-ring (bicyclic) bond motifs is 1. The predicted octanol–water partition coefficient (Wildman–Crippen LogP) is 4.67. The summed E-state index contributed by atoms with van der Waals surface area (Å²) < 4.78 is 17.5. The molecule has 0 unspecified atom stereocenters. The molecule has 0 fully saturated rings. The van der Waals surface area contributed by atoms with Crippen LogP contribution >= 0.6 is 0 Å². The number of benzene rings is 3. The lowest BCUT2D eigenvalue weighted by atomic mass is 10.0. The Bertz CT molecular complexity index is 1030. The maximum absolute atomic E-state index is 12.2. The fraction of sp³-hybridized carbons (Fsp3) is 0.269. The molecule has 0 aromatic heterocycles. The smallest absolute Gasteiger partial charge is 0.258 e. The highest BCUT2D eigenvalue weighted by molar-refractivity contribution is 5.77. The highest BCUT2D eigenvalue weighted by atomic mass is 16.5. The van der Waals surface area contributed by atoms with E-state index in [4.69, 9.17) is 14.2 Å². The molecule has 5 heteroatoms. The minimum Gasteiger partial charge on any atom is -0.489 e. The van der Waals surface area contributed by atoms with Crippen molar-refractivity contribution in [1.82, 2.24) is 5.32 Å². The van der Waals surface area contributed by atoms with E-state index in [9.17, 15) is 4.79 Å². The molecule has 160 valence electrons. The molecule has 1 aliphatic rings. The average molecular weight is 418 g/mol. The summed E-state index contributed by atoms with van der Waals surface area (Å²) >= 11 is 0. The standard InChI is InChI=1S/C26H27NO4/c1-26(2)15-21-9-6-10-23(25(21)31-26)30-18-24(28)27-16-19-11-13-22(14-12-19)29-17-20-7-4-3-5-8-20/h3-14H,15-18H2,1-2H3,(H,27,28). The first-order valence-corrected chi connectivity index (χ1v) is 10.4. The summed E-state index contributed by atoms with van der Waals surface area (Å²) in [5.41, 5.74) is 2.97. The zero-order chi connectivity index (χ0) is 21.7. The molecule has 5 nitrogen and oxygen atoms in total. The molecular formula is C26H27NO4. The molecule has 0 aliphatic carbocycles. The Kier molecular flexibility index (Phi) is 6.12. The second-order valence-corrected chi connectivity index (χ2v) is 8.27. The molecule has 0 saturated carbocycles. The van der Waals surface area contributed by atoms with Crippen molar-refractivity contribution in [2.75, 3.05) is 6.61 Å². The zero-order valence-electron chi connectivity index (χ0n) is 17.9. The van der Waals surface area contributed by atoms with E-state index in [-0.39, 0.29) is 18.1 Å². The number of rotatable bonds is 8. The van der Waals surface area contributed by atoms with Crippen molar-refractivity contribution in [3.63, 3.8) is 0 Å². The lowest BCUT2D eigenvalue weighted by molar-refractivity contribution is -0.123. The maximum Gasteiger partial charge on any atom is 0.258 e. The van der Waals surface area contributed by atoms with Gasteiger partial charge in [0.25, 0.3) is 5.91 Å². The SMILES string of the molecule is CC1(C)Cc2cccc(OCC(=O)NCc3ccc(OCc4ccccc4)cc3)c2O1. The van der Waals surface area contributed by atoms with Crippen LogP contribution in [0.2, 0.25) is 0 Å². The van der Waals surface area contributed by atoms with E-state index in [1.165, 1.54) is 0 Å². The Balaban J connectivity index is 1.23. The molecule has 1 heterocycles. The van der Waals surface area contributed by atoms with Gasteiger partial charge in [-0.25, -0.2) is 0 Å². The van der Waals surface area contributed by atoms with Crippen LogP contribution in [0.25, 0.3) is 0 Å². The van der Waals surface area contributed by atoms with Gasteiger partial charge in [0.15, 0.2) is 18.1 Å². The molecule has 0 spiro atoms. The first-order valence-electron chi connectivity index (χ1n) is 10.4.